The van der Waals surface area contributed by atoms with Gasteiger partial charge in [0.25, 0.3) is 0 Å². The minimum absolute atomic E-state index is 0.103. The first-order valence-corrected chi connectivity index (χ1v) is 12.9. The van der Waals surface area contributed by atoms with Gasteiger partial charge < -0.3 is 10.1 Å². The number of fused-ring (bicyclic) bond motifs is 1. The van der Waals surface area contributed by atoms with E-state index in [0.717, 1.165) is 22.6 Å². The minimum Gasteiger partial charge on any atom is -0.497 e. The van der Waals surface area contributed by atoms with Crippen molar-refractivity contribution >= 4 is 46.7 Å². The number of carbonyl (C=O) groups is 1. The zero-order valence-electron chi connectivity index (χ0n) is 19.5. The molecule has 0 saturated carbocycles. The van der Waals surface area contributed by atoms with Crippen molar-refractivity contribution in [1.29, 1.82) is 0 Å². The van der Waals surface area contributed by atoms with Crippen LogP contribution in [0.1, 0.15) is 34.5 Å². The first kappa shape index (κ1) is 24.4. The standard InChI is InChI=1S/C27H22Cl2N4O2S/c1-16-23(25(34)19-5-11-21(29)12-6-19)24(18-7-13-22(35-2)14-8-18)33-26(30-16)31-27(32-33)36-15-17-3-9-20(28)10-4-17/h3-14,24H,15H2,1-2H3,(H,30,31,32)/t24-/m1/s1. The summed E-state index contributed by atoms with van der Waals surface area (Å²) in [5.41, 5.74) is 3.88. The maximum atomic E-state index is 13.7. The minimum atomic E-state index is -0.465. The number of nitrogens with zero attached hydrogens (tertiary/aromatic N) is 3. The SMILES string of the molecule is COc1ccc([C@@H]2C(C(=O)c3ccc(Cl)cc3)=C(C)Nc3nc(SCc4ccc(Cl)cc4)nn32)cc1. The van der Waals surface area contributed by atoms with E-state index in [-0.39, 0.29) is 5.78 Å². The quantitative estimate of drug-likeness (QED) is 0.201. The van der Waals surface area contributed by atoms with E-state index in [2.05, 4.69) is 5.32 Å². The molecule has 6 nitrogen and oxygen atoms in total. The molecule has 9 heteroatoms. The number of carbonyl (C=O) groups excluding carboxylic acids is 1. The van der Waals surface area contributed by atoms with Crippen molar-refractivity contribution < 1.29 is 9.53 Å². The van der Waals surface area contributed by atoms with Crippen molar-refractivity contribution in [2.24, 2.45) is 0 Å². The Morgan fingerprint density at radius 1 is 1.00 bits per heavy atom. The summed E-state index contributed by atoms with van der Waals surface area (Å²) in [4.78, 5) is 18.5. The molecule has 1 N–H and O–H groups in total. The molecule has 1 aliphatic heterocycles. The molecule has 1 aromatic heterocycles. The van der Waals surface area contributed by atoms with Gasteiger partial charge in [-0.2, -0.15) is 4.98 Å². The van der Waals surface area contributed by atoms with Crippen LogP contribution in [0.25, 0.3) is 0 Å². The second-order valence-corrected chi connectivity index (χ2v) is 10.1. The van der Waals surface area contributed by atoms with E-state index in [1.807, 2.05) is 55.5 Å². The van der Waals surface area contributed by atoms with E-state index in [4.69, 9.17) is 38.0 Å². The van der Waals surface area contributed by atoms with Gasteiger partial charge in [0, 0.05) is 32.6 Å². The van der Waals surface area contributed by atoms with Crippen molar-refractivity contribution in [3.8, 4) is 5.75 Å². The Hall–Kier alpha value is -3.26. The summed E-state index contributed by atoms with van der Waals surface area (Å²) in [6.45, 7) is 1.89. The molecule has 1 aliphatic rings. The number of halogens is 2. The molecule has 0 spiro atoms. The van der Waals surface area contributed by atoms with Gasteiger partial charge in [-0.15, -0.1) is 5.10 Å². The van der Waals surface area contributed by atoms with Gasteiger partial charge in [0.1, 0.15) is 11.8 Å². The highest BCUT2D eigenvalue weighted by Crippen LogP contribution is 2.38. The zero-order valence-corrected chi connectivity index (χ0v) is 21.9. The lowest BCUT2D eigenvalue weighted by atomic mass is 9.90. The Labute approximate surface area is 223 Å². The maximum Gasteiger partial charge on any atom is 0.227 e. The number of benzene rings is 3. The molecule has 4 aromatic rings. The predicted molar refractivity (Wildman–Crippen MR) is 144 cm³/mol. The Morgan fingerprint density at radius 3 is 2.28 bits per heavy atom. The summed E-state index contributed by atoms with van der Waals surface area (Å²) >= 11 is 13.6. The molecule has 5 rings (SSSR count). The number of ketones is 1. The lowest BCUT2D eigenvalue weighted by Crippen LogP contribution is -2.28. The topological polar surface area (TPSA) is 69.0 Å². The number of anilines is 1. The molecule has 0 bridgehead atoms. The van der Waals surface area contributed by atoms with Gasteiger partial charge in [-0.3, -0.25) is 4.79 Å². The normalized spacial score (nSPS) is 14.8. The summed E-state index contributed by atoms with van der Waals surface area (Å²) in [5.74, 6) is 1.90. The van der Waals surface area contributed by atoms with Crippen LogP contribution < -0.4 is 10.1 Å². The van der Waals surface area contributed by atoms with Crippen LogP contribution in [0.5, 0.6) is 5.75 Å². The van der Waals surface area contributed by atoms with Crippen LogP contribution >= 0.6 is 35.0 Å². The van der Waals surface area contributed by atoms with Crippen LogP contribution in [0.4, 0.5) is 5.95 Å². The van der Waals surface area contributed by atoms with Gasteiger partial charge >= 0.3 is 0 Å². The van der Waals surface area contributed by atoms with Crippen LogP contribution in [0.15, 0.2) is 89.2 Å². The Balaban J connectivity index is 1.52. The van der Waals surface area contributed by atoms with Gasteiger partial charge in [-0.05, 0) is 66.6 Å². The average molecular weight is 537 g/mol. The first-order valence-electron chi connectivity index (χ1n) is 11.2. The number of ether oxygens (including phenoxy) is 1. The second kappa shape index (κ2) is 10.4. The zero-order chi connectivity index (χ0) is 25.2. The smallest absolute Gasteiger partial charge is 0.227 e. The highest BCUT2D eigenvalue weighted by Gasteiger charge is 2.34. The molecule has 0 radical (unpaired) electrons. The summed E-state index contributed by atoms with van der Waals surface area (Å²) < 4.78 is 7.12. The van der Waals surface area contributed by atoms with Crippen molar-refractivity contribution in [1.82, 2.24) is 14.8 Å². The van der Waals surface area contributed by atoms with Gasteiger partial charge in [0.2, 0.25) is 11.1 Å². The molecule has 0 unspecified atom stereocenters. The van der Waals surface area contributed by atoms with Crippen molar-refractivity contribution in [3.05, 3.63) is 111 Å². The third-order valence-electron chi connectivity index (χ3n) is 5.90. The summed E-state index contributed by atoms with van der Waals surface area (Å²) in [6, 6.07) is 21.8. The number of thioether (sulfide) groups is 1. The number of Topliss-reactive ketones (excluding diaryl/α,β-unsaturated/α-hetero) is 1. The highest BCUT2D eigenvalue weighted by molar-refractivity contribution is 7.98. The number of methoxy groups -OCH3 is 1. The lowest BCUT2D eigenvalue weighted by molar-refractivity contribution is 0.102. The van der Waals surface area contributed by atoms with E-state index < -0.39 is 6.04 Å². The molecule has 1 atom stereocenters. The Morgan fingerprint density at radius 2 is 1.64 bits per heavy atom. The highest BCUT2D eigenvalue weighted by atomic mass is 35.5. The molecule has 0 fully saturated rings. The van der Waals surface area contributed by atoms with Crippen LogP contribution in [0.3, 0.4) is 0 Å². The third-order valence-corrected chi connectivity index (χ3v) is 7.31. The van der Waals surface area contributed by atoms with E-state index in [1.165, 1.54) is 11.8 Å². The fourth-order valence-electron chi connectivity index (χ4n) is 4.07. The van der Waals surface area contributed by atoms with Crippen LogP contribution in [-0.4, -0.2) is 27.7 Å². The average Bonchev–Trinajstić information content (AvgIpc) is 3.30. The largest absolute Gasteiger partial charge is 0.497 e. The van der Waals surface area contributed by atoms with Crippen molar-refractivity contribution in [2.75, 3.05) is 12.4 Å². The van der Waals surface area contributed by atoms with Gasteiger partial charge in [-0.25, -0.2) is 4.68 Å². The fourth-order valence-corrected chi connectivity index (χ4v) is 5.10. The number of hydrogen-bond donors (Lipinski definition) is 1. The van der Waals surface area contributed by atoms with E-state index in [1.54, 1.807) is 36.1 Å². The second-order valence-electron chi connectivity index (χ2n) is 8.25. The van der Waals surface area contributed by atoms with Crippen LogP contribution in [0.2, 0.25) is 10.0 Å². The summed E-state index contributed by atoms with van der Waals surface area (Å²) in [5, 5.41) is 9.97. The fraction of sp³-hybridized carbons (Fsp3) is 0.148. The van der Waals surface area contributed by atoms with Gasteiger partial charge in [0.05, 0.1) is 7.11 Å². The predicted octanol–water partition coefficient (Wildman–Crippen LogP) is 7.06. The monoisotopic (exact) mass is 536 g/mol. The molecule has 36 heavy (non-hydrogen) atoms. The van der Waals surface area contributed by atoms with Gasteiger partial charge in [0.15, 0.2) is 5.78 Å². The number of allylic oxidation sites excluding steroid dienone is 2. The number of nitrogens with one attached hydrogen (secondary N) is 1. The van der Waals surface area contributed by atoms with Crippen molar-refractivity contribution in [3.63, 3.8) is 0 Å². The maximum absolute atomic E-state index is 13.7. The number of aromatic nitrogens is 3. The molecule has 182 valence electrons. The Bertz CT molecular complexity index is 1430. The Kier molecular flexibility index (Phi) is 7.05. The van der Waals surface area contributed by atoms with E-state index in [0.29, 0.717) is 38.0 Å². The van der Waals surface area contributed by atoms with Crippen LogP contribution in [-0.2, 0) is 5.75 Å². The molecular formula is C27H22Cl2N4O2S. The molecule has 0 aliphatic carbocycles. The number of hydrogen-bond acceptors (Lipinski definition) is 6. The molecule has 0 saturated heterocycles. The number of rotatable bonds is 7. The summed E-state index contributed by atoms with van der Waals surface area (Å²) in [7, 11) is 1.62. The molecule has 2 heterocycles. The first-order chi connectivity index (χ1) is 17.4. The molecule has 0 amide bonds. The van der Waals surface area contributed by atoms with Crippen LogP contribution in [0, 0.1) is 0 Å². The third kappa shape index (κ3) is 5.00. The van der Waals surface area contributed by atoms with E-state index >= 15 is 0 Å². The van der Waals surface area contributed by atoms with Gasteiger partial charge in [-0.1, -0.05) is 59.2 Å². The lowest BCUT2D eigenvalue weighted by Gasteiger charge is -2.28. The molecule has 3 aromatic carbocycles. The molecular weight excluding hydrogens is 515 g/mol. The van der Waals surface area contributed by atoms with Crippen molar-refractivity contribution in [2.45, 2.75) is 23.9 Å². The van der Waals surface area contributed by atoms with E-state index in [9.17, 15) is 4.79 Å². The summed E-state index contributed by atoms with van der Waals surface area (Å²) in [6.07, 6.45) is 0.